The van der Waals surface area contributed by atoms with Crippen LogP contribution in [0.5, 0.6) is 0 Å². The van der Waals surface area contributed by atoms with E-state index >= 15 is 0 Å². The molecule has 0 saturated carbocycles. The molecule has 0 radical (unpaired) electrons. The first-order valence-corrected chi connectivity index (χ1v) is 7.74. The number of carbonyl (C=O) groups excluding carboxylic acids is 1. The number of Topliss-reactive ketones (excluding diaryl/α,β-unsaturated/α-hetero) is 1. The van der Waals surface area contributed by atoms with Gasteiger partial charge in [-0.15, -0.1) is 11.8 Å². The van der Waals surface area contributed by atoms with Gasteiger partial charge in [0.25, 0.3) is 0 Å². The van der Waals surface area contributed by atoms with Crippen LogP contribution in [0.1, 0.15) is 50.0 Å². The second-order valence-corrected chi connectivity index (χ2v) is 7.51. The van der Waals surface area contributed by atoms with Crippen LogP contribution in [-0.2, 0) is 11.2 Å². The number of carbonyl (C=O) groups is 1. The molecule has 0 amide bonds. The normalized spacial score (nSPS) is 21.1. The van der Waals surface area contributed by atoms with E-state index in [1.165, 1.54) is 11.1 Å². The van der Waals surface area contributed by atoms with Crippen molar-refractivity contribution < 1.29 is 4.79 Å². The molecule has 1 aromatic rings. The molecule has 1 atom stereocenters. The van der Waals surface area contributed by atoms with Crippen molar-refractivity contribution in [2.24, 2.45) is 5.41 Å². The van der Waals surface area contributed by atoms with Crippen LogP contribution in [0.4, 0.5) is 0 Å². The zero-order valence-electron chi connectivity index (χ0n) is 11.5. The highest BCUT2D eigenvalue weighted by atomic mass is 32.2. The topological polar surface area (TPSA) is 17.1 Å². The average molecular weight is 262 g/mol. The van der Waals surface area contributed by atoms with Gasteiger partial charge in [0.15, 0.2) is 0 Å². The number of thioether (sulfide) groups is 1. The number of hydrogen-bond donors (Lipinski definition) is 0. The summed E-state index contributed by atoms with van der Waals surface area (Å²) >= 11 is 1.79. The van der Waals surface area contributed by atoms with E-state index in [0.29, 0.717) is 11.2 Å². The van der Waals surface area contributed by atoms with Crippen molar-refractivity contribution in [1.29, 1.82) is 0 Å². The van der Waals surface area contributed by atoms with Gasteiger partial charge >= 0.3 is 0 Å². The lowest BCUT2D eigenvalue weighted by molar-refractivity contribution is -0.118. The van der Waals surface area contributed by atoms with Gasteiger partial charge in [-0.2, -0.15) is 0 Å². The van der Waals surface area contributed by atoms with Gasteiger partial charge in [-0.05, 0) is 35.1 Å². The van der Waals surface area contributed by atoms with Crippen LogP contribution in [0.15, 0.2) is 24.3 Å². The summed E-state index contributed by atoms with van der Waals surface area (Å²) in [6, 6.07) is 8.65. The number of benzene rings is 1. The summed E-state index contributed by atoms with van der Waals surface area (Å²) in [7, 11) is 0. The van der Waals surface area contributed by atoms with E-state index in [4.69, 9.17) is 0 Å². The van der Waals surface area contributed by atoms with E-state index in [1.807, 2.05) is 0 Å². The SMILES string of the molecule is CC(C)(C)Cc1ccc(C2SCCCC2=O)cc1. The maximum absolute atomic E-state index is 11.9. The molecular formula is C16H22OS. The maximum Gasteiger partial charge on any atom is 0.150 e. The Labute approximate surface area is 114 Å². The zero-order chi connectivity index (χ0) is 13.2. The predicted octanol–water partition coefficient (Wildman–Crippen LogP) is 4.41. The Morgan fingerprint density at radius 2 is 1.89 bits per heavy atom. The highest BCUT2D eigenvalue weighted by Crippen LogP contribution is 2.36. The van der Waals surface area contributed by atoms with Gasteiger partial charge in [0.05, 0.1) is 5.25 Å². The second kappa shape index (κ2) is 5.48. The molecule has 1 unspecified atom stereocenters. The summed E-state index contributed by atoms with van der Waals surface area (Å²) in [6.07, 6.45) is 2.88. The summed E-state index contributed by atoms with van der Waals surface area (Å²) in [6.45, 7) is 6.75. The molecule has 0 bridgehead atoms. The van der Waals surface area contributed by atoms with Crippen LogP contribution in [-0.4, -0.2) is 11.5 Å². The van der Waals surface area contributed by atoms with Crippen molar-refractivity contribution in [2.45, 2.75) is 45.3 Å². The van der Waals surface area contributed by atoms with E-state index < -0.39 is 0 Å². The summed E-state index contributed by atoms with van der Waals surface area (Å²) in [5.41, 5.74) is 2.86. The Hall–Kier alpha value is -0.760. The van der Waals surface area contributed by atoms with Crippen molar-refractivity contribution in [3.63, 3.8) is 0 Å². The van der Waals surface area contributed by atoms with Crippen LogP contribution in [0.25, 0.3) is 0 Å². The molecule has 18 heavy (non-hydrogen) atoms. The fourth-order valence-corrected chi connectivity index (χ4v) is 3.58. The van der Waals surface area contributed by atoms with Gasteiger partial charge in [-0.3, -0.25) is 4.79 Å². The number of rotatable bonds is 2. The van der Waals surface area contributed by atoms with Crippen molar-refractivity contribution in [1.82, 2.24) is 0 Å². The Balaban J connectivity index is 2.09. The molecule has 0 N–H and O–H groups in total. The highest BCUT2D eigenvalue weighted by Gasteiger charge is 2.24. The molecule has 98 valence electrons. The second-order valence-electron chi connectivity index (χ2n) is 6.30. The lowest BCUT2D eigenvalue weighted by atomic mass is 9.88. The van der Waals surface area contributed by atoms with Crippen LogP contribution >= 0.6 is 11.8 Å². The first-order valence-electron chi connectivity index (χ1n) is 6.69. The van der Waals surface area contributed by atoms with Crippen LogP contribution in [0.2, 0.25) is 0 Å². The Kier molecular flexibility index (Phi) is 4.16. The Morgan fingerprint density at radius 1 is 1.22 bits per heavy atom. The molecule has 1 heterocycles. The molecule has 1 fully saturated rings. The molecule has 1 aliphatic rings. The van der Waals surface area contributed by atoms with Crippen molar-refractivity contribution >= 4 is 17.5 Å². The standard InChI is InChI=1S/C16H22OS/c1-16(2,3)11-12-6-8-13(9-7-12)15-14(17)5-4-10-18-15/h6-9,15H,4-5,10-11H2,1-3H3. The van der Waals surface area contributed by atoms with Crippen LogP contribution < -0.4 is 0 Å². The van der Waals surface area contributed by atoms with Gasteiger partial charge < -0.3 is 0 Å². The highest BCUT2D eigenvalue weighted by molar-refractivity contribution is 8.00. The van der Waals surface area contributed by atoms with E-state index in [0.717, 1.165) is 25.0 Å². The monoisotopic (exact) mass is 262 g/mol. The molecule has 0 aliphatic carbocycles. The third kappa shape index (κ3) is 3.61. The average Bonchev–Trinajstić information content (AvgIpc) is 2.29. The minimum absolute atomic E-state index is 0.0856. The first-order chi connectivity index (χ1) is 8.46. The number of hydrogen-bond acceptors (Lipinski definition) is 2. The van der Waals surface area contributed by atoms with Crippen LogP contribution in [0, 0.1) is 5.41 Å². The Bertz CT molecular complexity index is 414. The minimum Gasteiger partial charge on any atom is -0.298 e. The van der Waals surface area contributed by atoms with E-state index in [-0.39, 0.29) is 5.25 Å². The fraction of sp³-hybridized carbons (Fsp3) is 0.562. The molecule has 2 rings (SSSR count). The molecule has 1 nitrogen and oxygen atoms in total. The van der Waals surface area contributed by atoms with Crippen molar-refractivity contribution in [3.05, 3.63) is 35.4 Å². The third-order valence-electron chi connectivity index (χ3n) is 3.16. The largest absolute Gasteiger partial charge is 0.298 e. The molecule has 1 aromatic carbocycles. The van der Waals surface area contributed by atoms with E-state index in [9.17, 15) is 4.79 Å². The quantitative estimate of drug-likeness (QED) is 0.785. The first kappa shape index (κ1) is 13.7. The zero-order valence-corrected chi connectivity index (χ0v) is 12.3. The Morgan fingerprint density at radius 3 is 2.44 bits per heavy atom. The van der Waals surface area contributed by atoms with E-state index in [1.54, 1.807) is 11.8 Å². The smallest absolute Gasteiger partial charge is 0.150 e. The molecule has 0 spiro atoms. The molecule has 2 heteroatoms. The fourth-order valence-electron chi connectivity index (χ4n) is 2.38. The van der Waals surface area contributed by atoms with Gasteiger partial charge in [-0.1, -0.05) is 45.0 Å². The molecule has 1 saturated heterocycles. The summed E-state index contributed by atoms with van der Waals surface area (Å²) in [4.78, 5) is 11.9. The molecular weight excluding hydrogens is 240 g/mol. The summed E-state index contributed by atoms with van der Waals surface area (Å²) in [5.74, 6) is 1.51. The summed E-state index contributed by atoms with van der Waals surface area (Å²) in [5, 5.41) is 0.0856. The lowest BCUT2D eigenvalue weighted by Crippen LogP contribution is -2.15. The van der Waals surface area contributed by atoms with Crippen molar-refractivity contribution in [2.75, 3.05) is 5.75 Å². The van der Waals surface area contributed by atoms with Crippen LogP contribution in [0.3, 0.4) is 0 Å². The van der Waals surface area contributed by atoms with E-state index in [2.05, 4.69) is 45.0 Å². The summed E-state index contributed by atoms with van der Waals surface area (Å²) < 4.78 is 0. The van der Waals surface area contributed by atoms with Gasteiger partial charge in [0.1, 0.15) is 5.78 Å². The lowest BCUT2D eigenvalue weighted by Gasteiger charge is -2.22. The molecule has 1 aliphatic heterocycles. The predicted molar refractivity (Wildman–Crippen MR) is 79.0 cm³/mol. The van der Waals surface area contributed by atoms with Gasteiger partial charge in [-0.25, -0.2) is 0 Å². The number of ketones is 1. The third-order valence-corrected chi connectivity index (χ3v) is 4.55. The van der Waals surface area contributed by atoms with Gasteiger partial charge in [0.2, 0.25) is 0 Å². The van der Waals surface area contributed by atoms with Crippen molar-refractivity contribution in [3.8, 4) is 0 Å². The maximum atomic E-state index is 11.9. The minimum atomic E-state index is 0.0856. The van der Waals surface area contributed by atoms with Gasteiger partial charge in [0, 0.05) is 6.42 Å². The molecule has 0 aromatic heterocycles.